The molecule has 0 amide bonds. The summed E-state index contributed by atoms with van der Waals surface area (Å²) < 4.78 is 6.84. The van der Waals surface area contributed by atoms with E-state index in [9.17, 15) is 19.8 Å². The minimum absolute atomic E-state index is 0.0123. The number of aliphatic hydroxyl groups is 1. The monoisotopic (exact) mass is 392 g/mol. The fourth-order valence-corrected chi connectivity index (χ4v) is 2.46. The lowest BCUT2D eigenvalue weighted by molar-refractivity contribution is -0.873. The molecular formula is C19H40N2O6. The number of aliphatic carboxylic acids is 2. The van der Waals surface area contributed by atoms with E-state index in [1.165, 1.54) is 0 Å². The first-order chi connectivity index (χ1) is 12.2. The lowest BCUT2D eigenvalue weighted by Crippen LogP contribution is -2.44. The Hall–Kier alpha value is -1.22. The Morgan fingerprint density at radius 3 is 1.74 bits per heavy atom. The van der Waals surface area contributed by atoms with Crippen LogP contribution in [0.1, 0.15) is 39.0 Å². The molecule has 0 aliphatic heterocycles. The molecule has 0 bridgehead atoms. The van der Waals surface area contributed by atoms with Crippen molar-refractivity contribution in [3.63, 3.8) is 0 Å². The van der Waals surface area contributed by atoms with Gasteiger partial charge in [-0.15, -0.1) is 0 Å². The van der Waals surface area contributed by atoms with E-state index >= 15 is 0 Å². The van der Waals surface area contributed by atoms with E-state index in [0.717, 1.165) is 19.3 Å². The van der Waals surface area contributed by atoms with Crippen LogP contribution in [0.25, 0.3) is 0 Å². The summed E-state index contributed by atoms with van der Waals surface area (Å²) in [5.41, 5.74) is 0. The Bertz CT molecular complexity index is 415. The highest BCUT2D eigenvalue weighted by atomic mass is 16.5. The second-order valence-corrected chi connectivity index (χ2v) is 8.95. The largest absolute Gasteiger partial charge is 0.550 e. The summed E-state index contributed by atoms with van der Waals surface area (Å²) in [6.07, 6.45) is 1.93. The zero-order chi connectivity index (χ0) is 21.7. The molecule has 0 saturated heterocycles. The van der Waals surface area contributed by atoms with Crippen LogP contribution in [0, 0.1) is 0 Å². The zero-order valence-electron chi connectivity index (χ0n) is 18.2. The first kappa shape index (κ1) is 28.0. The van der Waals surface area contributed by atoms with Gasteiger partial charge >= 0.3 is 0 Å². The Morgan fingerprint density at radius 2 is 1.37 bits per heavy atom. The van der Waals surface area contributed by atoms with Crippen molar-refractivity contribution in [1.29, 1.82) is 0 Å². The topological polar surface area (TPSA) is 110 Å². The quantitative estimate of drug-likeness (QED) is 0.305. The lowest BCUT2D eigenvalue weighted by atomic mass is 10.2. The third kappa shape index (κ3) is 24.8. The maximum absolute atomic E-state index is 10.6. The van der Waals surface area contributed by atoms with Crippen molar-refractivity contribution in [3.05, 3.63) is 0 Å². The normalized spacial score (nSPS) is 14.1. The Labute approximate surface area is 164 Å². The Kier molecular flexibility index (Phi) is 14.4. The summed E-state index contributed by atoms with van der Waals surface area (Å²) in [7, 11) is 11.7. The zero-order valence-corrected chi connectivity index (χ0v) is 18.2. The fourth-order valence-electron chi connectivity index (χ4n) is 2.46. The van der Waals surface area contributed by atoms with Gasteiger partial charge in [0.05, 0.1) is 42.3 Å². The van der Waals surface area contributed by atoms with Gasteiger partial charge in [-0.2, -0.15) is 0 Å². The van der Waals surface area contributed by atoms with Crippen LogP contribution in [0.4, 0.5) is 0 Å². The summed E-state index contributed by atoms with van der Waals surface area (Å²) in [5, 5.41) is 29.7. The van der Waals surface area contributed by atoms with Crippen LogP contribution in [-0.4, -0.2) is 100 Å². The van der Waals surface area contributed by atoms with Crippen LogP contribution in [0.5, 0.6) is 0 Å². The van der Waals surface area contributed by atoms with Crippen molar-refractivity contribution in [2.45, 2.75) is 51.2 Å². The number of likely N-dealkylation sites (N-methyl/N-ethyl adjacent to an activating group) is 2. The van der Waals surface area contributed by atoms with Gasteiger partial charge in [-0.3, -0.25) is 0 Å². The van der Waals surface area contributed by atoms with E-state index in [-0.39, 0.29) is 18.9 Å². The molecule has 0 radical (unpaired) electrons. The lowest BCUT2D eigenvalue weighted by Gasteiger charge is -2.29. The number of carboxylic acids is 2. The summed E-state index contributed by atoms with van der Waals surface area (Å²) >= 11 is 0. The molecule has 1 N–H and O–H groups in total. The van der Waals surface area contributed by atoms with Gasteiger partial charge in [-0.25, -0.2) is 0 Å². The molecule has 0 rings (SSSR count). The molecule has 0 heterocycles. The molecule has 0 saturated carbocycles. The summed E-state index contributed by atoms with van der Waals surface area (Å²) in [4.78, 5) is 20.6. The van der Waals surface area contributed by atoms with Crippen molar-refractivity contribution >= 4 is 11.9 Å². The molecule has 2 unspecified atom stereocenters. The average Bonchev–Trinajstić information content (AvgIpc) is 2.38. The van der Waals surface area contributed by atoms with Gasteiger partial charge in [0.1, 0.15) is 25.3 Å². The SMILES string of the molecule is CCCCCOC(CC(=O)[O-])C[N+](C)(C)C.C[N+](C)(C)CC(O)CC(=O)[O-]. The van der Waals surface area contributed by atoms with Gasteiger partial charge < -0.3 is 38.6 Å². The summed E-state index contributed by atoms with van der Waals surface area (Å²) in [6.45, 7) is 3.89. The van der Waals surface area contributed by atoms with E-state index in [0.29, 0.717) is 28.7 Å². The van der Waals surface area contributed by atoms with E-state index in [2.05, 4.69) is 6.92 Å². The second kappa shape index (κ2) is 13.9. The average molecular weight is 393 g/mol. The van der Waals surface area contributed by atoms with Crippen molar-refractivity contribution in [2.75, 3.05) is 62.0 Å². The molecule has 8 heteroatoms. The Morgan fingerprint density at radius 1 is 0.889 bits per heavy atom. The van der Waals surface area contributed by atoms with Crippen LogP contribution in [-0.2, 0) is 14.3 Å². The molecule has 0 aliphatic rings. The van der Waals surface area contributed by atoms with Crippen LogP contribution < -0.4 is 10.2 Å². The summed E-state index contributed by atoms with van der Waals surface area (Å²) in [5.74, 6) is -2.24. The number of unbranched alkanes of at least 4 members (excludes halogenated alkanes) is 2. The molecule has 0 spiro atoms. The van der Waals surface area contributed by atoms with Gasteiger partial charge in [-0.1, -0.05) is 19.8 Å². The predicted molar refractivity (Wildman–Crippen MR) is 100 cm³/mol. The van der Waals surface area contributed by atoms with Gasteiger partial charge in [0.25, 0.3) is 0 Å². The number of aliphatic hydroxyl groups excluding tert-OH is 1. The second-order valence-electron chi connectivity index (χ2n) is 8.95. The first-order valence-corrected chi connectivity index (χ1v) is 9.46. The molecule has 27 heavy (non-hydrogen) atoms. The minimum Gasteiger partial charge on any atom is -0.550 e. The van der Waals surface area contributed by atoms with Crippen molar-refractivity contribution in [2.24, 2.45) is 0 Å². The first-order valence-electron chi connectivity index (χ1n) is 9.46. The number of ether oxygens (including phenoxy) is 1. The maximum atomic E-state index is 10.6. The third-order valence-electron chi connectivity index (χ3n) is 3.41. The predicted octanol–water partition coefficient (Wildman–Crippen LogP) is -1.40. The third-order valence-corrected chi connectivity index (χ3v) is 3.41. The number of hydrogen-bond donors (Lipinski definition) is 1. The van der Waals surface area contributed by atoms with Crippen molar-refractivity contribution in [3.8, 4) is 0 Å². The smallest absolute Gasteiger partial charge is 0.112 e. The van der Waals surface area contributed by atoms with Crippen molar-refractivity contribution in [1.82, 2.24) is 0 Å². The van der Waals surface area contributed by atoms with E-state index in [1.54, 1.807) is 0 Å². The molecule has 0 aromatic rings. The van der Waals surface area contributed by atoms with Crippen LogP contribution in [0.3, 0.4) is 0 Å². The fraction of sp³-hybridized carbons (Fsp3) is 0.895. The minimum atomic E-state index is -1.20. The van der Waals surface area contributed by atoms with E-state index < -0.39 is 18.0 Å². The van der Waals surface area contributed by atoms with Crippen LogP contribution >= 0.6 is 0 Å². The van der Waals surface area contributed by atoms with Crippen LogP contribution in [0.2, 0.25) is 0 Å². The molecule has 0 aliphatic carbocycles. The highest BCUT2D eigenvalue weighted by molar-refractivity contribution is 5.65. The molecule has 162 valence electrons. The number of carboxylic acid groups (broad SMARTS) is 2. The number of hydrogen-bond acceptors (Lipinski definition) is 6. The number of carbonyl (C=O) groups excluding carboxylic acids is 2. The number of carbonyl (C=O) groups is 2. The molecule has 0 aromatic carbocycles. The molecule has 0 fully saturated rings. The standard InChI is InChI=1S/C12H25NO3.C7H15NO3/c1-5-6-7-8-16-11(9-12(14)15)10-13(2,3)4;1-8(2,3)5-6(9)4-7(10)11/h11H,5-10H2,1-4H3;6,9H,4-5H2,1-3H3. The highest BCUT2D eigenvalue weighted by Crippen LogP contribution is 2.06. The molecule has 0 aromatic heterocycles. The maximum Gasteiger partial charge on any atom is 0.112 e. The van der Waals surface area contributed by atoms with Gasteiger partial charge in [0.2, 0.25) is 0 Å². The van der Waals surface area contributed by atoms with Crippen molar-refractivity contribution < 1.29 is 38.6 Å². The van der Waals surface area contributed by atoms with E-state index in [1.807, 2.05) is 42.3 Å². The number of nitrogens with zero attached hydrogens (tertiary/aromatic N) is 2. The highest BCUT2D eigenvalue weighted by Gasteiger charge is 2.18. The number of rotatable bonds is 13. The van der Waals surface area contributed by atoms with E-state index in [4.69, 9.17) is 9.84 Å². The summed E-state index contributed by atoms with van der Waals surface area (Å²) in [6, 6.07) is 0. The van der Waals surface area contributed by atoms with Gasteiger partial charge in [0, 0.05) is 31.4 Å². The number of quaternary nitrogens is 2. The van der Waals surface area contributed by atoms with Gasteiger partial charge in [-0.05, 0) is 6.42 Å². The Balaban J connectivity index is 0. The van der Waals surface area contributed by atoms with Gasteiger partial charge in [0.15, 0.2) is 0 Å². The molecule has 8 nitrogen and oxygen atoms in total. The molecule has 2 atom stereocenters. The molecular weight excluding hydrogens is 352 g/mol. The van der Waals surface area contributed by atoms with Crippen LogP contribution in [0.15, 0.2) is 0 Å².